The summed E-state index contributed by atoms with van der Waals surface area (Å²) in [6.07, 6.45) is 1.11. The molecule has 2 N–H and O–H groups in total. The lowest BCUT2D eigenvalue weighted by atomic mass is 10.1. The van der Waals surface area contributed by atoms with Crippen molar-refractivity contribution in [1.29, 1.82) is 5.26 Å². The second kappa shape index (κ2) is 7.20. The maximum absolute atomic E-state index is 11.9. The number of halogens is 1. The molecular weight excluding hydrogens is 344 g/mol. The van der Waals surface area contributed by atoms with Crippen molar-refractivity contribution >= 4 is 29.5 Å². The van der Waals surface area contributed by atoms with Crippen LogP contribution in [0.5, 0.6) is 5.88 Å². The molecule has 0 aliphatic heterocycles. The van der Waals surface area contributed by atoms with Gasteiger partial charge >= 0.3 is 6.03 Å². The summed E-state index contributed by atoms with van der Waals surface area (Å²) in [5.74, 6) is -0.378. The van der Waals surface area contributed by atoms with Crippen LogP contribution in [0.15, 0.2) is 28.0 Å². The number of aliphatic imine (C=N–C) groups is 1. The van der Waals surface area contributed by atoms with E-state index in [4.69, 9.17) is 16.9 Å². The van der Waals surface area contributed by atoms with E-state index in [1.54, 1.807) is 24.3 Å². The van der Waals surface area contributed by atoms with Crippen molar-refractivity contribution < 1.29 is 9.90 Å². The number of hydrogen-bond donors (Lipinski definition) is 2. The molecule has 0 radical (unpaired) electrons. The summed E-state index contributed by atoms with van der Waals surface area (Å²) < 4.78 is 0.921. The third kappa shape index (κ3) is 3.70. The zero-order chi connectivity index (χ0) is 18.7. The Morgan fingerprint density at radius 1 is 1.44 bits per heavy atom. The smallest absolute Gasteiger partial charge is 0.345 e. The standard InChI is InChI=1S/C17H15ClN4O3/c1-9-4-5-11(6-14(9)18)21-17(25)20-8-13-10(2)12(7-19)15(23)22(3)16(13)24/h4-6,8,24H,1-3H3,(H,21,25)/b20-8+. The van der Waals surface area contributed by atoms with Gasteiger partial charge in [-0.3, -0.25) is 9.36 Å². The van der Waals surface area contributed by atoms with Gasteiger partial charge in [-0.15, -0.1) is 0 Å². The third-order valence-corrected chi connectivity index (χ3v) is 4.11. The van der Waals surface area contributed by atoms with Crippen molar-refractivity contribution in [1.82, 2.24) is 4.57 Å². The largest absolute Gasteiger partial charge is 0.494 e. The summed E-state index contributed by atoms with van der Waals surface area (Å²) in [6, 6.07) is 6.12. The summed E-state index contributed by atoms with van der Waals surface area (Å²) in [5, 5.41) is 22.2. The Morgan fingerprint density at radius 2 is 2.12 bits per heavy atom. The number of anilines is 1. The van der Waals surface area contributed by atoms with Crippen LogP contribution in [0.3, 0.4) is 0 Å². The first-order chi connectivity index (χ1) is 11.8. The van der Waals surface area contributed by atoms with Crippen LogP contribution >= 0.6 is 11.6 Å². The van der Waals surface area contributed by atoms with Crippen LogP contribution in [-0.2, 0) is 7.05 Å². The van der Waals surface area contributed by atoms with Gasteiger partial charge in [0.2, 0.25) is 5.88 Å². The molecule has 0 aliphatic rings. The molecule has 0 unspecified atom stereocenters. The fourth-order valence-corrected chi connectivity index (χ4v) is 2.32. The normalized spacial score (nSPS) is 10.7. The second-order valence-corrected chi connectivity index (χ2v) is 5.77. The molecule has 2 aromatic rings. The quantitative estimate of drug-likeness (QED) is 0.804. The molecule has 0 bridgehead atoms. The van der Waals surface area contributed by atoms with Gasteiger partial charge in [0, 0.05) is 24.0 Å². The van der Waals surface area contributed by atoms with Gasteiger partial charge in [0.25, 0.3) is 5.56 Å². The molecule has 2 rings (SSSR count). The molecule has 1 heterocycles. The van der Waals surface area contributed by atoms with Gasteiger partial charge in [-0.1, -0.05) is 17.7 Å². The number of nitrogens with zero attached hydrogens (tertiary/aromatic N) is 3. The highest BCUT2D eigenvalue weighted by Gasteiger charge is 2.16. The number of nitrogens with one attached hydrogen (secondary N) is 1. The van der Waals surface area contributed by atoms with E-state index in [0.717, 1.165) is 16.3 Å². The third-order valence-electron chi connectivity index (χ3n) is 3.70. The van der Waals surface area contributed by atoms with E-state index in [9.17, 15) is 14.7 Å². The highest BCUT2D eigenvalue weighted by Crippen LogP contribution is 2.21. The zero-order valence-electron chi connectivity index (χ0n) is 13.8. The molecule has 0 atom stereocenters. The summed E-state index contributed by atoms with van der Waals surface area (Å²) in [5.41, 5.74) is 0.976. The Hall–Kier alpha value is -3.11. The van der Waals surface area contributed by atoms with Gasteiger partial charge in [-0.25, -0.2) is 9.79 Å². The highest BCUT2D eigenvalue weighted by atomic mass is 35.5. The van der Waals surface area contributed by atoms with Crippen molar-refractivity contribution in [3.63, 3.8) is 0 Å². The number of aromatic nitrogens is 1. The Labute approximate surface area is 148 Å². The Kier molecular flexibility index (Phi) is 5.25. The van der Waals surface area contributed by atoms with Crippen LogP contribution in [0.4, 0.5) is 10.5 Å². The first-order valence-electron chi connectivity index (χ1n) is 7.20. The van der Waals surface area contributed by atoms with Gasteiger partial charge in [0.15, 0.2) is 0 Å². The van der Waals surface area contributed by atoms with Crippen molar-refractivity contribution in [2.24, 2.45) is 12.0 Å². The number of carbonyl (C=O) groups is 1. The van der Waals surface area contributed by atoms with Gasteiger partial charge in [0.1, 0.15) is 11.6 Å². The molecular formula is C17H15ClN4O3. The number of nitriles is 1. The van der Waals surface area contributed by atoms with Crippen molar-refractivity contribution in [3.05, 3.63) is 55.8 Å². The fourth-order valence-electron chi connectivity index (χ4n) is 2.14. The number of rotatable bonds is 2. The molecule has 25 heavy (non-hydrogen) atoms. The molecule has 1 aromatic heterocycles. The van der Waals surface area contributed by atoms with E-state index in [2.05, 4.69) is 10.3 Å². The molecule has 0 fully saturated rings. The molecule has 0 saturated heterocycles. The van der Waals surface area contributed by atoms with E-state index < -0.39 is 11.6 Å². The number of hydrogen-bond acceptors (Lipinski definition) is 4. The molecule has 7 nitrogen and oxygen atoms in total. The lowest BCUT2D eigenvalue weighted by Crippen LogP contribution is -2.22. The number of aromatic hydroxyl groups is 1. The summed E-state index contributed by atoms with van der Waals surface area (Å²) in [4.78, 5) is 27.5. The minimum absolute atomic E-state index is 0.118. The number of pyridine rings is 1. The second-order valence-electron chi connectivity index (χ2n) is 5.37. The van der Waals surface area contributed by atoms with E-state index in [-0.39, 0.29) is 22.6 Å². The summed E-state index contributed by atoms with van der Waals surface area (Å²) in [6.45, 7) is 3.34. The molecule has 0 saturated carbocycles. The molecule has 1 aromatic carbocycles. The van der Waals surface area contributed by atoms with E-state index >= 15 is 0 Å². The molecule has 2 amide bonds. The van der Waals surface area contributed by atoms with Crippen molar-refractivity contribution in [2.45, 2.75) is 13.8 Å². The van der Waals surface area contributed by atoms with Crippen molar-refractivity contribution in [2.75, 3.05) is 5.32 Å². The van der Waals surface area contributed by atoms with E-state index in [0.29, 0.717) is 10.7 Å². The van der Waals surface area contributed by atoms with E-state index in [1.165, 1.54) is 14.0 Å². The van der Waals surface area contributed by atoms with Crippen LogP contribution in [0.25, 0.3) is 0 Å². The average Bonchev–Trinajstić information content (AvgIpc) is 2.57. The minimum atomic E-state index is -0.689. The van der Waals surface area contributed by atoms with Crippen LogP contribution in [0.1, 0.15) is 22.3 Å². The number of carbonyl (C=O) groups excluding carboxylic acids is 1. The predicted molar refractivity (Wildman–Crippen MR) is 95.6 cm³/mol. The maximum Gasteiger partial charge on any atom is 0.345 e. The number of amides is 2. The van der Waals surface area contributed by atoms with E-state index in [1.807, 2.05) is 6.92 Å². The molecule has 0 aliphatic carbocycles. The topological polar surface area (TPSA) is 107 Å². The summed E-state index contributed by atoms with van der Waals surface area (Å²) in [7, 11) is 1.32. The minimum Gasteiger partial charge on any atom is -0.494 e. The molecule has 8 heteroatoms. The van der Waals surface area contributed by atoms with Crippen molar-refractivity contribution in [3.8, 4) is 11.9 Å². The lowest BCUT2D eigenvalue weighted by Gasteiger charge is -2.09. The van der Waals surface area contributed by atoms with Gasteiger partial charge in [-0.05, 0) is 37.1 Å². The first-order valence-corrected chi connectivity index (χ1v) is 7.58. The fraction of sp³-hybridized carbons (Fsp3) is 0.176. The van der Waals surface area contributed by atoms with Gasteiger partial charge < -0.3 is 10.4 Å². The highest BCUT2D eigenvalue weighted by molar-refractivity contribution is 6.31. The molecule has 0 spiro atoms. The Balaban J connectivity index is 2.31. The monoisotopic (exact) mass is 358 g/mol. The zero-order valence-corrected chi connectivity index (χ0v) is 14.5. The van der Waals surface area contributed by atoms with Crippen LogP contribution < -0.4 is 10.9 Å². The van der Waals surface area contributed by atoms with Gasteiger partial charge in [0.05, 0.1) is 5.56 Å². The van der Waals surface area contributed by atoms with Gasteiger partial charge in [-0.2, -0.15) is 5.26 Å². The van der Waals surface area contributed by atoms with Crippen LogP contribution in [0, 0.1) is 25.2 Å². The van der Waals surface area contributed by atoms with Crippen LogP contribution in [0.2, 0.25) is 5.02 Å². The first kappa shape index (κ1) is 18.2. The average molecular weight is 359 g/mol. The predicted octanol–water partition coefficient (Wildman–Crippen LogP) is 2.88. The SMILES string of the molecule is Cc1ccc(NC(=O)/N=C/c2c(C)c(C#N)c(=O)n(C)c2O)cc1Cl. The molecule has 128 valence electrons. The lowest BCUT2D eigenvalue weighted by molar-refractivity contribution is 0.259. The summed E-state index contributed by atoms with van der Waals surface area (Å²) >= 11 is 5.99. The maximum atomic E-state index is 11.9. The number of urea groups is 1. The number of aryl methyl sites for hydroxylation is 1. The van der Waals surface area contributed by atoms with Crippen LogP contribution in [-0.4, -0.2) is 21.9 Å². The Bertz CT molecular complexity index is 987. The Morgan fingerprint density at radius 3 is 2.72 bits per heavy atom. The number of benzene rings is 1.